The normalized spacial score (nSPS) is 28.6. The summed E-state index contributed by atoms with van der Waals surface area (Å²) in [6.07, 6.45) is 3.51. The average Bonchev–Trinajstić information content (AvgIpc) is 3.28. The van der Waals surface area contributed by atoms with E-state index in [1.807, 2.05) is 6.92 Å². The topological polar surface area (TPSA) is 38.7 Å². The van der Waals surface area contributed by atoms with Crippen molar-refractivity contribution in [3.63, 3.8) is 0 Å². The van der Waals surface area contributed by atoms with Gasteiger partial charge in [0.15, 0.2) is 0 Å². The van der Waals surface area contributed by atoms with Crippen molar-refractivity contribution in [2.24, 2.45) is 17.3 Å². The zero-order chi connectivity index (χ0) is 30.1. The number of hydrogen-bond donors (Lipinski definition) is 1. The largest absolute Gasteiger partial charge is 0.534 e. The minimum atomic E-state index is -2.84. The Kier molecular flexibility index (Phi) is 7.06. The summed E-state index contributed by atoms with van der Waals surface area (Å²) < 4.78 is 14.8. The van der Waals surface area contributed by atoms with Crippen LogP contribution in [0.5, 0.6) is 11.5 Å². The first kappa shape index (κ1) is 29.3. The number of rotatable bonds is 8. The van der Waals surface area contributed by atoms with Crippen molar-refractivity contribution in [2.75, 3.05) is 0 Å². The summed E-state index contributed by atoms with van der Waals surface area (Å²) in [7, 11) is -2.84. The van der Waals surface area contributed by atoms with E-state index < -0.39 is 14.4 Å². The Morgan fingerprint density at radius 2 is 1.64 bits per heavy atom. The van der Waals surface area contributed by atoms with Crippen molar-refractivity contribution in [1.29, 1.82) is 0 Å². The molecule has 222 valence electrons. The van der Waals surface area contributed by atoms with Crippen LogP contribution in [-0.4, -0.2) is 25.1 Å². The molecule has 0 bridgehead atoms. The summed E-state index contributed by atoms with van der Waals surface area (Å²) >= 11 is 0. The van der Waals surface area contributed by atoms with Crippen LogP contribution in [-0.2, 0) is 0 Å². The van der Waals surface area contributed by atoms with Crippen LogP contribution in [0.25, 0.3) is 0 Å². The van der Waals surface area contributed by atoms with Gasteiger partial charge in [-0.3, -0.25) is 0 Å². The fourth-order valence-corrected chi connectivity index (χ4v) is 13.4. The van der Waals surface area contributed by atoms with Crippen LogP contribution >= 0.6 is 0 Å². The van der Waals surface area contributed by atoms with Crippen molar-refractivity contribution < 1.29 is 14.3 Å². The Balaban J connectivity index is 1.54. The Labute approximate surface area is 254 Å². The van der Waals surface area contributed by atoms with E-state index in [0.717, 1.165) is 41.9 Å². The minimum Gasteiger partial charge on any atom is -0.534 e. The lowest BCUT2D eigenvalue weighted by Gasteiger charge is -2.64. The van der Waals surface area contributed by atoms with Crippen LogP contribution in [0.15, 0.2) is 84.9 Å². The second-order valence-electron chi connectivity index (χ2n) is 14.9. The van der Waals surface area contributed by atoms with Gasteiger partial charge in [0.2, 0.25) is 0 Å². The van der Waals surface area contributed by atoms with Gasteiger partial charge in [0, 0.05) is 17.4 Å². The van der Waals surface area contributed by atoms with Gasteiger partial charge >= 0.3 is 8.32 Å². The summed E-state index contributed by atoms with van der Waals surface area (Å²) in [6, 6.07) is 26.3. The van der Waals surface area contributed by atoms with Gasteiger partial charge in [-0.1, -0.05) is 101 Å². The van der Waals surface area contributed by atoms with E-state index in [0.29, 0.717) is 17.8 Å². The molecule has 0 aromatic heterocycles. The highest BCUT2D eigenvalue weighted by Gasteiger charge is 2.71. The second kappa shape index (κ2) is 10.1. The van der Waals surface area contributed by atoms with Crippen LogP contribution in [0, 0.1) is 24.2 Å². The van der Waals surface area contributed by atoms with E-state index in [-0.39, 0.29) is 16.1 Å². The minimum absolute atomic E-state index is 0.0657. The summed E-state index contributed by atoms with van der Waals surface area (Å²) in [5.41, 5.74) is 3.18. The molecule has 2 saturated carbocycles. The SMILES string of the molecule is C=C(C)[C@@H](O)CC[C@@]1(C)[C@@H]2c3c(cc(C)cc3O[Si](c3ccccc3)(c3ccccc3)C(C)(C)C)O[C@]3(C)CC[C@H]1[C@H]23. The first-order valence-electron chi connectivity index (χ1n) is 15.8. The zero-order valence-corrected chi connectivity index (χ0v) is 27.5. The van der Waals surface area contributed by atoms with Crippen LogP contribution in [0.3, 0.4) is 0 Å². The molecule has 3 aromatic carbocycles. The zero-order valence-electron chi connectivity index (χ0n) is 26.5. The molecule has 0 radical (unpaired) electrons. The molecule has 1 aliphatic heterocycles. The lowest BCUT2D eigenvalue weighted by atomic mass is 9.43. The number of aliphatic hydroxyl groups is 1. The van der Waals surface area contributed by atoms with Crippen LogP contribution in [0.4, 0.5) is 0 Å². The standard InChI is InChI=1S/C38H48O3Si/c1-25(2)30(39)20-21-37(7)29-19-22-38(8)34(29)35(37)33-31(40-38)23-26(3)24-32(33)41-42(36(4,5)6,27-15-11-9-12-16-27)28-17-13-10-14-18-28/h9-18,23-24,29-30,34-35,39H,1,19-22H2,2-8H3/t29-,30-,34+,35+,37+,38+/m0/s1. The van der Waals surface area contributed by atoms with E-state index in [9.17, 15) is 5.11 Å². The average molecular weight is 581 g/mol. The number of hydrogen-bond acceptors (Lipinski definition) is 3. The third-order valence-corrected chi connectivity index (χ3v) is 16.0. The Morgan fingerprint density at radius 1 is 1.05 bits per heavy atom. The Morgan fingerprint density at radius 3 is 2.19 bits per heavy atom. The molecule has 42 heavy (non-hydrogen) atoms. The molecule has 1 heterocycles. The van der Waals surface area contributed by atoms with Crippen molar-refractivity contribution >= 4 is 18.7 Å². The molecule has 3 aliphatic rings. The van der Waals surface area contributed by atoms with Gasteiger partial charge in [-0.2, -0.15) is 0 Å². The molecule has 2 aliphatic carbocycles. The maximum absolute atomic E-state index is 10.8. The van der Waals surface area contributed by atoms with E-state index in [1.54, 1.807) is 0 Å². The van der Waals surface area contributed by atoms with Crippen molar-refractivity contribution in [1.82, 2.24) is 0 Å². The van der Waals surface area contributed by atoms with Crippen molar-refractivity contribution in [3.05, 3.63) is 96.1 Å². The molecule has 0 saturated heterocycles. The quantitative estimate of drug-likeness (QED) is 0.217. The molecule has 0 amide bonds. The molecule has 2 fully saturated rings. The fourth-order valence-electron chi connectivity index (χ4n) is 9.00. The fraction of sp³-hybridized carbons (Fsp3) is 0.474. The highest BCUT2D eigenvalue weighted by Crippen LogP contribution is 2.75. The summed E-state index contributed by atoms with van der Waals surface area (Å²) in [4.78, 5) is 0. The number of aliphatic hydroxyl groups excluding tert-OH is 1. The van der Waals surface area contributed by atoms with Crippen molar-refractivity contribution in [3.8, 4) is 11.5 Å². The lowest BCUT2D eigenvalue weighted by molar-refractivity contribution is -0.135. The molecular weight excluding hydrogens is 533 g/mol. The van der Waals surface area contributed by atoms with E-state index in [1.165, 1.54) is 22.4 Å². The highest BCUT2D eigenvalue weighted by atomic mass is 28.4. The van der Waals surface area contributed by atoms with Gasteiger partial charge in [0.25, 0.3) is 0 Å². The third-order valence-electron chi connectivity index (χ3n) is 11.1. The van der Waals surface area contributed by atoms with E-state index in [2.05, 4.69) is 121 Å². The van der Waals surface area contributed by atoms with Crippen LogP contribution in [0.1, 0.15) is 84.3 Å². The van der Waals surface area contributed by atoms with Crippen LogP contribution < -0.4 is 19.5 Å². The van der Waals surface area contributed by atoms with Crippen LogP contribution in [0.2, 0.25) is 5.04 Å². The molecule has 6 rings (SSSR count). The predicted molar refractivity (Wildman–Crippen MR) is 176 cm³/mol. The molecule has 1 N–H and O–H groups in total. The van der Waals surface area contributed by atoms with E-state index in [4.69, 9.17) is 9.16 Å². The molecule has 4 heteroatoms. The smallest absolute Gasteiger partial charge is 0.319 e. The third kappa shape index (κ3) is 4.32. The predicted octanol–water partition coefficient (Wildman–Crippen LogP) is 7.93. The monoisotopic (exact) mass is 580 g/mol. The number of ether oxygens (including phenoxy) is 1. The Hall–Kier alpha value is -2.82. The molecule has 3 aromatic rings. The molecule has 0 spiro atoms. The summed E-state index contributed by atoms with van der Waals surface area (Å²) in [5, 5.41) is 13.2. The summed E-state index contributed by atoms with van der Waals surface area (Å²) in [5.74, 6) is 3.35. The maximum atomic E-state index is 10.8. The lowest BCUT2D eigenvalue weighted by Crippen LogP contribution is -2.69. The van der Waals surface area contributed by atoms with Gasteiger partial charge < -0.3 is 14.3 Å². The van der Waals surface area contributed by atoms with Gasteiger partial charge in [-0.25, -0.2) is 0 Å². The highest BCUT2D eigenvalue weighted by molar-refractivity contribution is 7.00. The van der Waals surface area contributed by atoms with E-state index >= 15 is 0 Å². The Bertz CT molecular complexity index is 1440. The number of fused-ring (bicyclic) bond motifs is 2. The summed E-state index contributed by atoms with van der Waals surface area (Å²) in [6.45, 7) is 20.0. The number of benzene rings is 3. The van der Waals surface area contributed by atoms with Gasteiger partial charge in [0.05, 0.1) is 6.10 Å². The molecule has 0 unspecified atom stereocenters. The van der Waals surface area contributed by atoms with Gasteiger partial charge in [-0.15, -0.1) is 0 Å². The second-order valence-corrected chi connectivity index (χ2v) is 19.1. The van der Waals surface area contributed by atoms with Gasteiger partial charge in [-0.05, 0) is 90.9 Å². The number of aryl methyl sites for hydroxylation is 1. The molecular formula is C38H48O3Si. The van der Waals surface area contributed by atoms with Gasteiger partial charge in [0.1, 0.15) is 17.1 Å². The first-order valence-corrected chi connectivity index (χ1v) is 17.7. The first-order chi connectivity index (χ1) is 19.8. The molecule has 3 nitrogen and oxygen atoms in total. The van der Waals surface area contributed by atoms with Crippen molar-refractivity contribution in [2.45, 2.75) is 96.8 Å². The molecule has 6 atom stereocenters. The maximum Gasteiger partial charge on any atom is 0.319 e.